The first-order chi connectivity index (χ1) is 13.5. The largest absolute Gasteiger partial charge is 0.361 e. The van der Waals surface area contributed by atoms with Crippen molar-refractivity contribution in [2.75, 3.05) is 13.1 Å². The molecular weight excluding hydrogens is 380 g/mol. The van der Waals surface area contributed by atoms with Crippen LogP contribution in [0.5, 0.6) is 0 Å². The van der Waals surface area contributed by atoms with E-state index in [-0.39, 0.29) is 6.54 Å². The number of nitrogens with zero attached hydrogens (tertiary/aromatic N) is 2. The standard InChI is InChI=1S/C20H17ClN4O3/c21-13-5-6-16-15(9-13)12(10-23-16)7-8-22-18(26)11-25-19(27)14-3-1-2-4-17(14)24-20(25)28/h1-6,9-10,14,23H,7-8,11H2,(H,22,26). The first-order valence-electron chi connectivity index (χ1n) is 8.84. The minimum atomic E-state index is -0.711. The number of hydrogen-bond acceptors (Lipinski definition) is 3. The molecule has 2 heterocycles. The van der Waals surface area contributed by atoms with Crippen LogP contribution in [0.2, 0.25) is 5.02 Å². The van der Waals surface area contributed by atoms with Crippen molar-refractivity contribution in [1.82, 2.24) is 15.2 Å². The zero-order chi connectivity index (χ0) is 19.7. The second-order valence-electron chi connectivity index (χ2n) is 6.57. The van der Waals surface area contributed by atoms with Crippen molar-refractivity contribution in [3.63, 3.8) is 0 Å². The Kier molecular flexibility index (Phi) is 4.83. The summed E-state index contributed by atoms with van der Waals surface area (Å²) in [7, 11) is 0. The van der Waals surface area contributed by atoms with Gasteiger partial charge in [-0.25, -0.2) is 4.79 Å². The van der Waals surface area contributed by atoms with E-state index in [0.29, 0.717) is 23.7 Å². The lowest BCUT2D eigenvalue weighted by Crippen LogP contribution is -2.50. The topological polar surface area (TPSA) is 94.6 Å². The molecule has 1 aromatic heterocycles. The normalized spacial score (nSPS) is 18.4. The monoisotopic (exact) mass is 396 g/mol. The lowest BCUT2D eigenvalue weighted by Gasteiger charge is -2.27. The number of hydrogen-bond donors (Lipinski definition) is 2. The summed E-state index contributed by atoms with van der Waals surface area (Å²) in [5, 5.41) is 4.39. The van der Waals surface area contributed by atoms with E-state index in [1.54, 1.807) is 24.3 Å². The molecule has 4 amide bonds. The Morgan fingerprint density at radius 2 is 2.14 bits per heavy atom. The number of aliphatic imine (C=N–C) groups is 1. The summed E-state index contributed by atoms with van der Waals surface area (Å²) in [4.78, 5) is 44.8. The van der Waals surface area contributed by atoms with Crippen molar-refractivity contribution in [1.29, 1.82) is 0 Å². The maximum Gasteiger partial charge on any atom is 0.351 e. The molecule has 1 aliphatic heterocycles. The number of allylic oxidation sites excluding steroid dienone is 3. The molecular formula is C20H17ClN4O3. The molecule has 1 aliphatic carbocycles. The summed E-state index contributed by atoms with van der Waals surface area (Å²) in [6.45, 7) is 0.0251. The molecule has 0 radical (unpaired) electrons. The van der Waals surface area contributed by atoms with Crippen molar-refractivity contribution >= 4 is 46.1 Å². The number of halogens is 1. The number of carbonyl (C=O) groups is 3. The van der Waals surface area contributed by atoms with Crippen molar-refractivity contribution in [2.45, 2.75) is 6.42 Å². The molecule has 1 aromatic carbocycles. The molecule has 0 saturated carbocycles. The van der Waals surface area contributed by atoms with Crippen LogP contribution in [0, 0.1) is 5.92 Å². The van der Waals surface area contributed by atoms with Crippen LogP contribution >= 0.6 is 11.6 Å². The van der Waals surface area contributed by atoms with Gasteiger partial charge in [0.1, 0.15) is 6.54 Å². The first-order valence-corrected chi connectivity index (χ1v) is 9.22. The van der Waals surface area contributed by atoms with Gasteiger partial charge in [0.05, 0.1) is 11.6 Å². The molecule has 0 saturated heterocycles. The molecule has 28 heavy (non-hydrogen) atoms. The highest BCUT2D eigenvalue weighted by Crippen LogP contribution is 2.22. The van der Waals surface area contributed by atoms with Gasteiger partial charge in [-0.3, -0.25) is 14.5 Å². The number of carbonyl (C=O) groups excluding carboxylic acids is 3. The number of nitrogens with one attached hydrogen (secondary N) is 2. The third-order valence-electron chi connectivity index (χ3n) is 4.74. The van der Waals surface area contributed by atoms with Crippen molar-refractivity contribution in [3.8, 4) is 0 Å². The fraction of sp³-hybridized carbons (Fsp3) is 0.200. The Bertz CT molecular complexity index is 1070. The van der Waals surface area contributed by atoms with E-state index in [9.17, 15) is 14.4 Å². The number of fused-ring (bicyclic) bond motifs is 2. The zero-order valence-corrected chi connectivity index (χ0v) is 15.6. The number of aromatic amines is 1. The van der Waals surface area contributed by atoms with Crippen LogP contribution < -0.4 is 5.32 Å². The first kappa shape index (κ1) is 18.2. The van der Waals surface area contributed by atoms with Crippen molar-refractivity contribution in [3.05, 3.63) is 59.3 Å². The van der Waals surface area contributed by atoms with Crippen LogP contribution in [0.25, 0.3) is 10.9 Å². The van der Waals surface area contributed by atoms with Crippen LogP contribution in [0.3, 0.4) is 0 Å². The van der Waals surface area contributed by atoms with Crippen LogP contribution in [-0.4, -0.2) is 46.5 Å². The van der Waals surface area contributed by atoms with Crippen LogP contribution in [0.15, 0.2) is 53.7 Å². The minimum absolute atomic E-state index is 0.345. The molecule has 7 nitrogen and oxygen atoms in total. The summed E-state index contributed by atoms with van der Waals surface area (Å²) in [5.74, 6) is -1.45. The van der Waals surface area contributed by atoms with Gasteiger partial charge in [0.25, 0.3) is 0 Å². The van der Waals surface area contributed by atoms with E-state index < -0.39 is 23.8 Å². The van der Waals surface area contributed by atoms with Gasteiger partial charge in [-0.2, -0.15) is 4.99 Å². The highest BCUT2D eigenvalue weighted by Gasteiger charge is 2.36. The van der Waals surface area contributed by atoms with Gasteiger partial charge in [0.15, 0.2) is 0 Å². The van der Waals surface area contributed by atoms with E-state index in [1.807, 2.05) is 24.4 Å². The van der Waals surface area contributed by atoms with Gasteiger partial charge in [-0.1, -0.05) is 29.8 Å². The minimum Gasteiger partial charge on any atom is -0.361 e. The number of rotatable bonds is 5. The predicted molar refractivity (Wildman–Crippen MR) is 106 cm³/mol. The Hall–Kier alpha value is -3.19. The quantitative estimate of drug-likeness (QED) is 0.813. The number of aromatic nitrogens is 1. The lowest BCUT2D eigenvalue weighted by atomic mass is 9.95. The van der Waals surface area contributed by atoms with E-state index in [1.165, 1.54) is 0 Å². The molecule has 0 bridgehead atoms. The fourth-order valence-electron chi connectivity index (χ4n) is 3.32. The van der Waals surface area contributed by atoms with Gasteiger partial charge in [-0.05, 0) is 36.3 Å². The average molecular weight is 397 g/mol. The van der Waals surface area contributed by atoms with Crippen molar-refractivity contribution < 1.29 is 14.4 Å². The molecule has 1 atom stereocenters. The zero-order valence-electron chi connectivity index (χ0n) is 14.8. The number of amides is 4. The van der Waals surface area contributed by atoms with Gasteiger partial charge < -0.3 is 10.3 Å². The predicted octanol–water partition coefficient (Wildman–Crippen LogP) is 2.63. The highest BCUT2D eigenvalue weighted by atomic mass is 35.5. The maximum atomic E-state index is 12.5. The molecule has 4 rings (SSSR count). The Labute approximate surface area is 165 Å². The SMILES string of the molecule is O=C(CN1C(=O)N=C2C=CC=CC2C1=O)NCCc1c[nH]c2ccc(Cl)cc12. The van der Waals surface area contributed by atoms with Gasteiger partial charge >= 0.3 is 6.03 Å². The Morgan fingerprint density at radius 3 is 3.00 bits per heavy atom. The number of imide groups is 1. The third-order valence-corrected chi connectivity index (χ3v) is 4.97. The van der Waals surface area contributed by atoms with Gasteiger partial charge in [0.2, 0.25) is 11.8 Å². The fourth-order valence-corrected chi connectivity index (χ4v) is 3.49. The summed E-state index contributed by atoms with van der Waals surface area (Å²) < 4.78 is 0. The third kappa shape index (κ3) is 3.48. The highest BCUT2D eigenvalue weighted by molar-refractivity contribution is 6.31. The van der Waals surface area contributed by atoms with E-state index >= 15 is 0 Å². The van der Waals surface area contributed by atoms with Gasteiger partial charge in [0, 0.05) is 28.7 Å². The summed E-state index contributed by atoms with van der Waals surface area (Å²) >= 11 is 6.04. The second-order valence-corrected chi connectivity index (χ2v) is 7.01. The average Bonchev–Trinajstić information content (AvgIpc) is 3.07. The van der Waals surface area contributed by atoms with E-state index in [4.69, 9.17) is 11.6 Å². The number of urea groups is 1. The molecule has 2 aromatic rings. The van der Waals surface area contributed by atoms with E-state index in [0.717, 1.165) is 21.4 Å². The van der Waals surface area contributed by atoms with Crippen LogP contribution in [-0.2, 0) is 16.0 Å². The smallest absolute Gasteiger partial charge is 0.351 e. The number of benzene rings is 1. The molecule has 1 unspecified atom stereocenters. The van der Waals surface area contributed by atoms with E-state index in [2.05, 4.69) is 15.3 Å². The molecule has 2 N–H and O–H groups in total. The summed E-state index contributed by atoms with van der Waals surface area (Å²) in [6, 6.07) is 4.87. The van der Waals surface area contributed by atoms with Gasteiger partial charge in [-0.15, -0.1) is 0 Å². The molecule has 0 spiro atoms. The summed E-state index contributed by atoms with van der Waals surface area (Å²) in [5.41, 5.74) is 2.40. The molecule has 142 valence electrons. The Morgan fingerprint density at radius 1 is 1.29 bits per heavy atom. The number of H-pyrrole nitrogens is 1. The van der Waals surface area contributed by atoms with Crippen molar-refractivity contribution in [2.24, 2.45) is 10.9 Å². The lowest BCUT2D eigenvalue weighted by molar-refractivity contribution is -0.134. The maximum absolute atomic E-state index is 12.5. The second kappa shape index (κ2) is 7.44. The molecule has 2 aliphatic rings. The van der Waals surface area contributed by atoms with Crippen LogP contribution in [0.1, 0.15) is 5.56 Å². The van der Waals surface area contributed by atoms with Crippen LogP contribution in [0.4, 0.5) is 4.79 Å². The molecule has 0 fully saturated rings. The molecule has 8 heteroatoms. The Balaban J connectivity index is 1.35. The summed E-state index contributed by atoms with van der Waals surface area (Å²) in [6.07, 6.45) is 9.21.